The Bertz CT molecular complexity index is 402. The third-order valence-electron chi connectivity index (χ3n) is 3.19. The predicted octanol–water partition coefficient (Wildman–Crippen LogP) is 2.29. The molecule has 1 fully saturated rings. The molecule has 0 amide bonds. The minimum absolute atomic E-state index is 0.00916. The fourth-order valence-electron chi connectivity index (χ4n) is 2.06. The minimum atomic E-state index is -0.00916. The van der Waals surface area contributed by atoms with Crippen LogP contribution < -0.4 is 0 Å². The molecular formula is C11H15N3O. The summed E-state index contributed by atoms with van der Waals surface area (Å²) in [6.07, 6.45) is 1.85. The van der Waals surface area contributed by atoms with Crippen molar-refractivity contribution in [1.29, 1.82) is 5.26 Å². The Morgan fingerprint density at radius 1 is 1.53 bits per heavy atom. The van der Waals surface area contributed by atoms with Gasteiger partial charge >= 0.3 is 0 Å². The summed E-state index contributed by atoms with van der Waals surface area (Å²) in [6.45, 7) is 6.21. The first-order chi connectivity index (χ1) is 7.11. The second-order valence-electron chi connectivity index (χ2n) is 4.70. The van der Waals surface area contributed by atoms with E-state index in [0.717, 1.165) is 18.7 Å². The van der Waals surface area contributed by atoms with Gasteiger partial charge in [-0.1, -0.05) is 25.9 Å². The molecule has 0 aliphatic heterocycles. The van der Waals surface area contributed by atoms with Crippen molar-refractivity contribution in [3.63, 3.8) is 0 Å². The van der Waals surface area contributed by atoms with Crippen LogP contribution in [-0.4, -0.2) is 10.1 Å². The lowest BCUT2D eigenvalue weighted by Gasteiger charge is -1.95. The van der Waals surface area contributed by atoms with Gasteiger partial charge in [-0.3, -0.25) is 0 Å². The Balaban J connectivity index is 2.15. The molecule has 15 heavy (non-hydrogen) atoms. The Morgan fingerprint density at radius 3 is 2.80 bits per heavy atom. The normalized spacial score (nSPS) is 27.3. The molecule has 80 valence electrons. The van der Waals surface area contributed by atoms with Crippen molar-refractivity contribution >= 4 is 0 Å². The standard InChI is InChI=1S/C11H15N3O/c1-4-5-8-13-10(15-14-8)9-7(6-12)11(9,2)3/h7,9H,4-5H2,1-3H3. The van der Waals surface area contributed by atoms with E-state index in [4.69, 9.17) is 9.78 Å². The second kappa shape index (κ2) is 3.34. The number of nitrogens with zero attached hydrogens (tertiary/aromatic N) is 3. The Kier molecular flexibility index (Phi) is 2.26. The van der Waals surface area contributed by atoms with Crippen LogP contribution in [0.2, 0.25) is 0 Å². The van der Waals surface area contributed by atoms with E-state index in [-0.39, 0.29) is 17.3 Å². The van der Waals surface area contributed by atoms with Crippen LogP contribution in [0.15, 0.2) is 4.52 Å². The number of hydrogen-bond acceptors (Lipinski definition) is 4. The highest BCUT2D eigenvalue weighted by Crippen LogP contribution is 2.63. The number of aromatic nitrogens is 2. The number of rotatable bonds is 3. The van der Waals surface area contributed by atoms with E-state index in [9.17, 15) is 0 Å². The van der Waals surface area contributed by atoms with Crippen molar-refractivity contribution in [3.8, 4) is 6.07 Å². The molecule has 2 unspecified atom stereocenters. The molecule has 1 saturated carbocycles. The maximum Gasteiger partial charge on any atom is 0.231 e. The van der Waals surface area contributed by atoms with E-state index in [1.807, 2.05) is 0 Å². The molecule has 4 heteroatoms. The summed E-state index contributed by atoms with van der Waals surface area (Å²) in [4.78, 5) is 4.33. The first kappa shape index (κ1) is 10.2. The van der Waals surface area contributed by atoms with Gasteiger partial charge in [0.15, 0.2) is 5.82 Å². The smallest absolute Gasteiger partial charge is 0.231 e. The molecule has 0 N–H and O–H groups in total. The highest BCUT2D eigenvalue weighted by Gasteiger charge is 2.62. The van der Waals surface area contributed by atoms with E-state index in [0.29, 0.717) is 5.89 Å². The van der Waals surface area contributed by atoms with Crippen LogP contribution in [0.1, 0.15) is 44.8 Å². The van der Waals surface area contributed by atoms with Crippen LogP contribution in [0.5, 0.6) is 0 Å². The summed E-state index contributed by atoms with van der Waals surface area (Å²) in [6, 6.07) is 2.29. The largest absolute Gasteiger partial charge is 0.339 e. The summed E-state index contributed by atoms with van der Waals surface area (Å²) >= 11 is 0. The van der Waals surface area contributed by atoms with Crippen LogP contribution in [-0.2, 0) is 6.42 Å². The van der Waals surface area contributed by atoms with E-state index in [1.165, 1.54) is 0 Å². The van der Waals surface area contributed by atoms with Crippen LogP contribution in [0.3, 0.4) is 0 Å². The van der Waals surface area contributed by atoms with E-state index >= 15 is 0 Å². The zero-order chi connectivity index (χ0) is 11.1. The zero-order valence-electron chi connectivity index (χ0n) is 9.32. The van der Waals surface area contributed by atoms with Crippen molar-refractivity contribution in [2.75, 3.05) is 0 Å². The minimum Gasteiger partial charge on any atom is -0.339 e. The van der Waals surface area contributed by atoms with Gasteiger partial charge in [-0.15, -0.1) is 0 Å². The lowest BCUT2D eigenvalue weighted by atomic mass is 10.1. The summed E-state index contributed by atoms with van der Waals surface area (Å²) < 4.78 is 5.20. The van der Waals surface area contributed by atoms with Gasteiger partial charge in [-0.2, -0.15) is 10.2 Å². The van der Waals surface area contributed by atoms with Gasteiger partial charge in [0.25, 0.3) is 0 Å². The summed E-state index contributed by atoms with van der Waals surface area (Å²) in [5, 5.41) is 12.8. The van der Waals surface area contributed by atoms with Gasteiger partial charge in [0.05, 0.1) is 17.9 Å². The number of aryl methyl sites for hydroxylation is 1. The zero-order valence-corrected chi connectivity index (χ0v) is 9.32. The van der Waals surface area contributed by atoms with Crippen LogP contribution in [0.25, 0.3) is 0 Å². The van der Waals surface area contributed by atoms with E-state index in [2.05, 4.69) is 37.0 Å². The van der Waals surface area contributed by atoms with Crippen molar-refractivity contribution < 1.29 is 4.52 Å². The average Bonchev–Trinajstić information content (AvgIpc) is 2.57. The van der Waals surface area contributed by atoms with Gasteiger partial charge < -0.3 is 4.52 Å². The topological polar surface area (TPSA) is 62.7 Å². The molecule has 1 aliphatic rings. The molecule has 0 saturated heterocycles. The fourth-order valence-corrected chi connectivity index (χ4v) is 2.06. The Morgan fingerprint density at radius 2 is 2.27 bits per heavy atom. The number of hydrogen-bond donors (Lipinski definition) is 0. The molecule has 0 aromatic carbocycles. The van der Waals surface area contributed by atoms with Gasteiger partial charge in [-0.05, 0) is 11.8 Å². The molecule has 2 atom stereocenters. The van der Waals surface area contributed by atoms with Crippen LogP contribution in [0, 0.1) is 22.7 Å². The van der Waals surface area contributed by atoms with Gasteiger partial charge in [-0.25, -0.2) is 0 Å². The van der Waals surface area contributed by atoms with Gasteiger partial charge in [0, 0.05) is 6.42 Å². The average molecular weight is 205 g/mol. The van der Waals surface area contributed by atoms with Crippen LogP contribution >= 0.6 is 0 Å². The molecule has 0 bridgehead atoms. The van der Waals surface area contributed by atoms with Crippen molar-refractivity contribution in [2.24, 2.45) is 11.3 Å². The lowest BCUT2D eigenvalue weighted by molar-refractivity contribution is 0.362. The quantitative estimate of drug-likeness (QED) is 0.759. The summed E-state index contributed by atoms with van der Waals surface area (Å²) in [7, 11) is 0. The van der Waals surface area contributed by atoms with E-state index < -0.39 is 0 Å². The van der Waals surface area contributed by atoms with Crippen molar-refractivity contribution in [3.05, 3.63) is 11.7 Å². The maximum atomic E-state index is 8.94. The summed E-state index contributed by atoms with van der Waals surface area (Å²) in [5.74, 6) is 1.54. The van der Waals surface area contributed by atoms with Crippen LogP contribution in [0.4, 0.5) is 0 Å². The highest BCUT2D eigenvalue weighted by molar-refractivity contribution is 5.26. The van der Waals surface area contributed by atoms with Crippen molar-refractivity contribution in [2.45, 2.75) is 39.5 Å². The first-order valence-electron chi connectivity index (χ1n) is 5.33. The second-order valence-corrected chi connectivity index (χ2v) is 4.70. The number of nitriles is 1. The maximum absolute atomic E-state index is 8.94. The third-order valence-corrected chi connectivity index (χ3v) is 3.19. The molecular weight excluding hydrogens is 190 g/mol. The molecule has 0 radical (unpaired) electrons. The SMILES string of the molecule is CCCc1noc(C2C(C#N)C2(C)C)n1. The Labute approximate surface area is 89.3 Å². The monoisotopic (exact) mass is 205 g/mol. The first-order valence-corrected chi connectivity index (χ1v) is 5.33. The molecule has 1 aromatic rings. The molecule has 4 nitrogen and oxygen atoms in total. The van der Waals surface area contributed by atoms with Gasteiger partial charge in [0.2, 0.25) is 5.89 Å². The molecule has 0 spiro atoms. The van der Waals surface area contributed by atoms with Crippen molar-refractivity contribution in [1.82, 2.24) is 10.1 Å². The summed E-state index contributed by atoms with van der Waals surface area (Å²) in [5.41, 5.74) is -0.00916. The lowest BCUT2D eigenvalue weighted by Crippen LogP contribution is -1.91. The molecule has 1 heterocycles. The Hall–Kier alpha value is -1.37. The van der Waals surface area contributed by atoms with E-state index in [1.54, 1.807) is 0 Å². The fraction of sp³-hybridized carbons (Fsp3) is 0.727. The molecule has 2 rings (SSSR count). The van der Waals surface area contributed by atoms with Gasteiger partial charge in [0.1, 0.15) is 0 Å². The molecule has 1 aliphatic carbocycles. The predicted molar refractivity (Wildman–Crippen MR) is 53.9 cm³/mol. The highest BCUT2D eigenvalue weighted by atomic mass is 16.5. The molecule has 1 aromatic heterocycles. The third kappa shape index (κ3) is 1.52.